The number of anilines is 1. The normalized spacial score (nSPS) is 14.9. The molecule has 2 amide bonds. The van der Waals surface area contributed by atoms with Gasteiger partial charge in [-0.2, -0.15) is 5.10 Å². The summed E-state index contributed by atoms with van der Waals surface area (Å²) in [5, 5.41) is 7.78. The Labute approximate surface area is 261 Å². The molecule has 3 heterocycles. The third-order valence-corrected chi connectivity index (χ3v) is 8.58. The van der Waals surface area contributed by atoms with E-state index < -0.39 is 5.41 Å². The van der Waals surface area contributed by atoms with Gasteiger partial charge in [-0.05, 0) is 54.1 Å². The minimum Gasteiger partial charge on any atom is -0.497 e. The summed E-state index contributed by atoms with van der Waals surface area (Å²) in [5.74, 6) is 2.13. The molecule has 44 heavy (non-hydrogen) atoms. The van der Waals surface area contributed by atoms with Crippen LogP contribution in [0.1, 0.15) is 48.5 Å². The largest absolute Gasteiger partial charge is 0.497 e. The third-order valence-electron chi connectivity index (χ3n) is 7.32. The Morgan fingerprint density at radius 3 is 2.39 bits per heavy atom. The monoisotopic (exact) mass is 615 g/mol. The quantitative estimate of drug-likeness (QED) is 0.278. The lowest BCUT2D eigenvalue weighted by atomic mass is 9.87. The van der Waals surface area contributed by atoms with E-state index in [1.807, 2.05) is 60.7 Å². The van der Waals surface area contributed by atoms with Crippen LogP contribution in [0.25, 0.3) is 5.69 Å². The van der Waals surface area contributed by atoms with E-state index in [4.69, 9.17) is 19.3 Å². The Morgan fingerprint density at radius 2 is 1.75 bits per heavy atom. The smallest absolute Gasteiger partial charge is 0.240 e. The van der Waals surface area contributed by atoms with Gasteiger partial charge in [0, 0.05) is 17.2 Å². The summed E-state index contributed by atoms with van der Waals surface area (Å²) >= 11 is 1.50. The maximum absolute atomic E-state index is 13.9. The Morgan fingerprint density at radius 1 is 1.00 bits per heavy atom. The molecule has 0 bridgehead atoms. The van der Waals surface area contributed by atoms with E-state index >= 15 is 0 Å². The number of nitrogens with zero attached hydrogens (tertiary/aromatic N) is 4. The Balaban J connectivity index is 1.67. The van der Waals surface area contributed by atoms with E-state index in [0.29, 0.717) is 23.1 Å². The number of ether oxygens (including phenoxy) is 3. The van der Waals surface area contributed by atoms with Crippen LogP contribution < -0.4 is 24.4 Å². The second kappa shape index (κ2) is 13.0. The molecule has 0 saturated carbocycles. The van der Waals surface area contributed by atoms with Crippen molar-refractivity contribution in [2.45, 2.75) is 38.0 Å². The molecular formula is C33H37N5O5S. The zero-order valence-electron chi connectivity index (χ0n) is 25.8. The first-order valence-corrected chi connectivity index (χ1v) is 15.3. The second-order valence-electron chi connectivity index (χ2n) is 11.3. The minimum atomic E-state index is -0.391. The summed E-state index contributed by atoms with van der Waals surface area (Å²) in [6.45, 7) is 6.37. The molecule has 0 spiro atoms. The zero-order chi connectivity index (χ0) is 31.4. The Hall–Kier alpha value is -4.51. The van der Waals surface area contributed by atoms with Crippen LogP contribution in [-0.2, 0) is 21.5 Å². The van der Waals surface area contributed by atoms with Gasteiger partial charge in [-0.15, -0.1) is 11.8 Å². The molecule has 0 saturated heterocycles. The average Bonchev–Trinajstić information content (AvgIpc) is 3.37. The van der Waals surface area contributed by atoms with Crippen LogP contribution in [0.4, 0.5) is 5.82 Å². The van der Waals surface area contributed by atoms with E-state index in [2.05, 4.69) is 31.1 Å². The summed E-state index contributed by atoms with van der Waals surface area (Å²) in [7, 11) is 4.81. The van der Waals surface area contributed by atoms with Gasteiger partial charge in [0.25, 0.3) is 0 Å². The van der Waals surface area contributed by atoms with E-state index in [9.17, 15) is 9.59 Å². The van der Waals surface area contributed by atoms with Crippen molar-refractivity contribution >= 4 is 29.4 Å². The number of nitrogens with one attached hydrogen (secondary N) is 1. The molecular weight excluding hydrogens is 578 g/mol. The highest BCUT2D eigenvalue weighted by atomic mass is 32.2. The number of fused-ring (bicyclic) bond motifs is 1. The molecule has 230 valence electrons. The highest BCUT2D eigenvalue weighted by Crippen LogP contribution is 2.49. The van der Waals surface area contributed by atoms with E-state index in [-0.39, 0.29) is 35.9 Å². The predicted molar refractivity (Wildman–Crippen MR) is 171 cm³/mol. The molecule has 1 aliphatic rings. The van der Waals surface area contributed by atoms with Crippen molar-refractivity contribution in [1.29, 1.82) is 0 Å². The van der Waals surface area contributed by atoms with Gasteiger partial charge in [-0.25, -0.2) is 4.68 Å². The molecule has 0 fully saturated rings. The molecule has 0 aliphatic carbocycles. The van der Waals surface area contributed by atoms with Gasteiger partial charge in [0.1, 0.15) is 18.1 Å². The van der Waals surface area contributed by atoms with Crippen LogP contribution in [-0.4, -0.2) is 60.2 Å². The van der Waals surface area contributed by atoms with Crippen molar-refractivity contribution < 1.29 is 23.8 Å². The SMILES string of the molecule is COc1ccc(-n2nc(C(C)(C)C)c3c2N(CC(=O)NCc2ccccn2)C(=O)CSC3c2ccc(OC)c(OC)c2)cc1. The summed E-state index contributed by atoms with van der Waals surface area (Å²) in [6, 6.07) is 18.8. The van der Waals surface area contributed by atoms with Crippen LogP contribution in [0.3, 0.4) is 0 Å². The number of thioether (sulfide) groups is 1. The highest BCUT2D eigenvalue weighted by Gasteiger charge is 2.40. The van der Waals surface area contributed by atoms with Gasteiger partial charge >= 0.3 is 0 Å². The van der Waals surface area contributed by atoms with Crippen LogP contribution in [0.2, 0.25) is 0 Å². The molecule has 2 aromatic heterocycles. The maximum atomic E-state index is 13.9. The van der Waals surface area contributed by atoms with Crippen molar-refractivity contribution in [3.8, 4) is 22.9 Å². The Bertz CT molecular complexity index is 1630. The third kappa shape index (κ3) is 6.37. The van der Waals surface area contributed by atoms with Crippen LogP contribution in [0.15, 0.2) is 66.9 Å². The minimum absolute atomic E-state index is 0.160. The molecule has 1 aliphatic heterocycles. The number of pyridine rings is 1. The predicted octanol–water partition coefficient (Wildman–Crippen LogP) is 5.08. The van der Waals surface area contributed by atoms with Gasteiger partial charge in [-0.1, -0.05) is 32.9 Å². The fourth-order valence-electron chi connectivity index (χ4n) is 5.15. The molecule has 1 N–H and O–H groups in total. The molecule has 5 rings (SSSR count). The topological polar surface area (TPSA) is 108 Å². The molecule has 1 atom stereocenters. The van der Waals surface area contributed by atoms with E-state index in [1.54, 1.807) is 37.1 Å². The lowest BCUT2D eigenvalue weighted by Crippen LogP contribution is -2.42. The number of hydrogen-bond donors (Lipinski definition) is 1. The standard InChI is InChI=1S/C33H37N5O5S/c1-33(2,3)31-29-30(21-10-15-25(42-5)26(17-21)43-6)44-20-28(40)37(19-27(39)35-18-22-9-7-8-16-34-22)32(29)38(36-31)23-11-13-24(41-4)14-12-23/h7-17,30H,18-20H2,1-6H3,(H,35,39). The second-order valence-corrected chi connectivity index (χ2v) is 12.4. The lowest BCUT2D eigenvalue weighted by Gasteiger charge is -2.25. The molecule has 2 aromatic carbocycles. The highest BCUT2D eigenvalue weighted by molar-refractivity contribution is 8.00. The number of amides is 2. The first-order chi connectivity index (χ1) is 21.1. The average molecular weight is 616 g/mol. The van der Waals surface area contributed by atoms with Crippen molar-refractivity contribution in [3.05, 3.63) is 89.4 Å². The van der Waals surface area contributed by atoms with Gasteiger partial charge in [0.15, 0.2) is 11.5 Å². The van der Waals surface area contributed by atoms with Crippen molar-refractivity contribution in [2.24, 2.45) is 0 Å². The van der Waals surface area contributed by atoms with Crippen molar-refractivity contribution in [2.75, 3.05) is 38.5 Å². The van der Waals surface area contributed by atoms with Crippen molar-refractivity contribution in [3.63, 3.8) is 0 Å². The van der Waals surface area contributed by atoms with Gasteiger partial charge in [0.05, 0.1) is 56.0 Å². The van der Waals surface area contributed by atoms with Crippen LogP contribution >= 0.6 is 11.8 Å². The first kappa shape index (κ1) is 30.9. The van der Waals surface area contributed by atoms with Gasteiger partial charge < -0.3 is 19.5 Å². The van der Waals surface area contributed by atoms with Crippen LogP contribution in [0.5, 0.6) is 17.2 Å². The first-order valence-electron chi connectivity index (χ1n) is 14.2. The molecule has 4 aromatic rings. The Kier molecular flexibility index (Phi) is 9.14. The number of carbonyl (C=O) groups excluding carboxylic acids is 2. The summed E-state index contributed by atoms with van der Waals surface area (Å²) < 4.78 is 18.3. The number of carbonyl (C=O) groups is 2. The molecule has 1 unspecified atom stereocenters. The summed E-state index contributed by atoms with van der Waals surface area (Å²) in [5.41, 5.74) is 3.70. The van der Waals surface area contributed by atoms with Crippen molar-refractivity contribution in [1.82, 2.24) is 20.1 Å². The molecule has 0 radical (unpaired) electrons. The number of rotatable bonds is 9. The zero-order valence-corrected chi connectivity index (χ0v) is 26.6. The molecule has 11 heteroatoms. The van der Waals surface area contributed by atoms with Gasteiger partial charge in [0.2, 0.25) is 11.8 Å². The van der Waals surface area contributed by atoms with E-state index in [0.717, 1.165) is 28.2 Å². The molecule has 10 nitrogen and oxygen atoms in total. The maximum Gasteiger partial charge on any atom is 0.240 e. The fraction of sp³-hybridized carbons (Fsp3) is 0.333. The van der Waals surface area contributed by atoms with Crippen LogP contribution in [0, 0.1) is 0 Å². The number of benzene rings is 2. The van der Waals surface area contributed by atoms with E-state index in [1.165, 1.54) is 11.8 Å². The lowest BCUT2D eigenvalue weighted by molar-refractivity contribution is -0.123. The fourth-order valence-corrected chi connectivity index (χ4v) is 6.33. The number of hydrogen-bond acceptors (Lipinski definition) is 8. The van der Waals surface area contributed by atoms with Gasteiger partial charge in [-0.3, -0.25) is 19.5 Å². The summed E-state index contributed by atoms with van der Waals surface area (Å²) in [4.78, 5) is 33.2. The number of aromatic nitrogens is 3. The number of methoxy groups -OCH3 is 3. The summed E-state index contributed by atoms with van der Waals surface area (Å²) in [6.07, 6.45) is 1.68.